The molecule has 6 nitrogen and oxygen atoms in total. The average Bonchev–Trinajstić information content (AvgIpc) is 2.81. The van der Waals surface area contributed by atoms with Crippen LogP contribution in [0.1, 0.15) is 40.3 Å². The van der Waals surface area contributed by atoms with E-state index in [9.17, 15) is 12.8 Å². The highest BCUT2D eigenvalue weighted by Gasteiger charge is 2.52. The molecule has 1 aliphatic heterocycles. The Labute approximate surface area is 176 Å². The first-order chi connectivity index (χ1) is 13.4. The maximum Gasteiger partial charge on any atom is 0.496 e. The number of hydrogen-bond donors (Lipinski definition) is 1. The number of aryl methyl sites for hydroxylation is 1. The summed E-state index contributed by atoms with van der Waals surface area (Å²) in [7, 11) is -4.73. The first-order valence-electron chi connectivity index (χ1n) is 9.18. The Morgan fingerprint density at radius 2 is 1.79 bits per heavy atom. The molecule has 10 heteroatoms. The number of nitrogens with zero attached hydrogens (tertiary/aromatic N) is 1. The van der Waals surface area contributed by atoms with Crippen molar-refractivity contribution in [3.63, 3.8) is 0 Å². The van der Waals surface area contributed by atoms with Gasteiger partial charge in [-0.15, -0.1) is 0 Å². The topological polar surface area (TPSA) is 77.5 Å². The summed E-state index contributed by atoms with van der Waals surface area (Å²) < 4.78 is 53.5. The third kappa shape index (κ3) is 4.28. The second kappa shape index (κ2) is 7.54. The van der Waals surface area contributed by atoms with E-state index in [1.54, 1.807) is 12.3 Å². The largest absolute Gasteiger partial charge is 0.496 e. The molecule has 0 radical (unpaired) electrons. The molecule has 1 aromatic heterocycles. The minimum atomic E-state index is -4.05. The molecule has 0 amide bonds. The van der Waals surface area contributed by atoms with Gasteiger partial charge >= 0.3 is 7.12 Å². The van der Waals surface area contributed by atoms with Gasteiger partial charge in [0.2, 0.25) is 0 Å². The van der Waals surface area contributed by atoms with Crippen LogP contribution in [0.25, 0.3) is 0 Å². The van der Waals surface area contributed by atoms with E-state index in [1.807, 2.05) is 34.6 Å². The highest BCUT2D eigenvalue weighted by molar-refractivity contribution is 7.92. The van der Waals surface area contributed by atoms with Crippen molar-refractivity contribution in [2.45, 2.75) is 57.1 Å². The predicted molar refractivity (Wildman–Crippen MR) is 112 cm³/mol. The molecule has 0 atom stereocenters. The van der Waals surface area contributed by atoms with Crippen LogP contribution in [0.15, 0.2) is 35.4 Å². The van der Waals surface area contributed by atoms with Crippen molar-refractivity contribution in [2.75, 3.05) is 4.72 Å². The van der Waals surface area contributed by atoms with Gasteiger partial charge in [-0.1, -0.05) is 18.5 Å². The molecular weight excluding hydrogens is 418 g/mol. The monoisotopic (exact) mass is 440 g/mol. The fourth-order valence-electron chi connectivity index (χ4n) is 2.88. The number of pyridine rings is 1. The van der Waals surface area contributed by atoms with Crippen molar-refractivity contribution in [1.29, 1.82) is 0 Å². The Hall–Kier alpha value is -1.68. The third-order valence-electron chi connectivity index (χ3n) is 5.28. The molecule has 1 saturated heterocycles. The number of aromatic nitrogens is 1. The van der Waals surface area contributed by atoms with E-state index in [-0.39, 0.29) is 9.92 Å². The Bertz CT molecular complexity index is 1030. The number of anilines is 1. The van der Waals surface area contributed by atoms with Crippen molar-refractivity contribution >= 4 is 39.9 Å². The quantitative estimate of drug-likeness (QED) is 0.720. The highest BCUT2D eigenvalue weighted by atomic mass is 35.5. The fourth-order valence-corrected chi connectivity index (χ4v) is 4.49. The number of sulfonamides is 1. The molecular formula is C19H23BClFN2O4S. The van der Waals surface area contributed by atoms with Crippen molar-refractivity contribution in [3.8, 4) is 0 Å². The van der Waals surface area contributed by atoms with Gasteiger partial charge in [0.05, 0.1) is 27.6 Å². The zero-order valence-electron chi connectivity index (χ0n) is 16.9. The van der Waals surface area contributed by atoms with E-state index in [4.69, 9.17) is 20.9 Å². The van der Waals surface area contributed by atoms with Crippen LogP contribution >= 0.6 is 11.6 Å². The molecule has 156 valence electrons. The minimum Gasteiger partial charge on any atom is -0.399 e. The number of rotatable bonds is 5. The summed E-state index contributed by atoms with van der Waals surface area (Å²) in [6.07, 6.45) is 2.11. The summed E-state index contributed by atoms with van der Waals surface area (Å²) in [5.41, 5.74) is 0.348. The fraction of sp³-hybridized carbons (Fsp3) is 0.421. The van der Waals surface area contributed by atoms with Crippen LogP contribution in [0, 0.1) is 5.82 Å². The van der Waals surface area contributed by atoms with Crippen LogP contribution in [-0.2, 0) is 25.8 Å². The van der Waals surface area contributed by atoms with Crippen LogP contribution in [-0.4, -0.2) is 31.7 Å². The summed E-state index contributed by atoms with van der Waals surface area (Å²) in [5, 5.41) is -0.203. The smallest absolute Gasteiger partial charge is 0.399 e. The standard InChI is InChI=1S/C19H23BClFN2O4S/c1-6-15-16(24-29(25,26)17-8-7-13(22)10-14(17)21)9-12(11-23-15)20-27-18(2,3)19(4,5)28-20/h7-11,24H,6H2,1-5H3. The molecule has 1 aliphatic rings. The van der Waals surface area contributed by atoms with Crippen molar-refractivity contribution in [3.05, 3.63) is 47.0 Å². The summed E-state index contributed by atoms with van der Waals surface area (Å²) in [4.78, 5) is 4.15. The summed E-state index contributed by atoms with van der Waals surface area (Å²) in [6, 6.07) is 4.76. The maximum atomic E-state index is 13.3. The van der Waals surface area contributed by atoms with Crippen LogP contribution in [0.5, 0.6) is 0 Å². The van der Waals surface area contributed by atoms with Crippen LogP contribution in [0.2, 0.25) is 5.02 Å². The van der Waals surface area contributed by atoms with Gasteiger partial charge in [-0.05, 0) is 58.4 Å². The molecule has 1 fully saturated rings. The second-order valence-corrected chi connectivity index (χ2v) is 9.94. The number of nitrogens with one attached hydrogen (secondary N) is 1. The molecule has 0 saturated carbocycles. The van der Waals surface area contributed by atoms with Crippen molar-refractivity contribution in [1.82, 2.24) is 4.98 Å². The number of benzene rings is 1. The number of hydrogen-bond acceptors (Lipinski definition) is 5. The predicted octanol–water partition coefficient (Wildman–Crippen LogP) is 3.54. The van der Waals surface area contributed by atoms with Gasteiger partial charge in [0.1, 0.15) is 10.7 Å². The zero-order chi connectivity index (χ0) is 21.6. The van der Waals surface area contributed by atoms with Gasteiger partial charge in [0.25, 0.3) is 10.0 Å². The van der Waals surface area contributed by atoms with Crippen LogP contribution < -0.4 is 10.2 Å². The maximum absolute atomic E-state index is 13.3. The molecule has 2 aromatic rings. The van der Waals surface area contributed by atoms with Gasteiger partial charge in [0, 0.05) is 11.7 Å². The Morgan fingerprint density at radius 1 is 1.17 bits per heavy atom. The van der Waals surface area contributed by atoms with E-state index < -0.39 is 34.2 Å². The van der Waals surface area contributed by atoms with Crippen LogP contribution in [0.3, 0.4) is 0 Å². The van der Waals surface area contributed by atoms with Crippen LogP contribution in [0.4, 0.5) is 10.1 Å². The lowest BCUT2D eigenvalue weighted by Crippen LogP contribution is -2.41. The Kier molecular flexibility index (Phi) is 5.72. The van der Waals surface area contributed by atoms with Crippen molar-refractivity contribution in [2.24, 2.45) is 0 Å². The highest BCUT2D eigenvalue weighted by Crippen LogP contribution is 2.36. The normalized spacial score (nSPS) is 18.1. The minimum absolute atomic E-state index is 0.203. The molecule has 0 bridgehead atoms. The van der Waals surface area contributed by atoms with Gasteiger partial charge in [0.15, 0.2) is 0 Å². The van der Waals surface area contributed by atoms with Gasteiger partial charge in [-0.2, -0.15) is 0 Å². The second-order valence-electron chi connectivity index (χ2n) is 7.88. The molecule has 0 spiro atoms. The van der Waals surface area contributed by atoms with Gasteiger partial charge < -0.3 is 9.31 Å². The van der Waals surface area contributed by atoms with Gasteiger partial charge in [-0.25, -0.2) is 12.8 Å². The van der Waals surface area contributed by atoms with E-state index >= 15 is 0 Å². The molecule has 3 rings (SSSR count). The first kappa shape index (κ1) is 22.0. The number of halogens is 2. The van der Waals surface area contributed by atoms with E-state index in [0.29, 0.717) is 23.3 Å². The lowest BCUT2D eigenvalue weighted by atomic mass is 9.80. The molecule has 0 aliphatic carbocycles. The Balaban J connectivity index is 1.96. The third-order valence-corrected chi connectivity index (χ3v) is 7.13. The molecule has 2 heterocycles. The molecule has 1 aromatic carbocycles. The van der Waals surface area contributed by atoms with Crippen molar-refractivity contribution < 1.29 is 22.1 Å². The molecule has 29 heavy (non-hydrogen) atoms. The Morgan fingerprint density at radius 3 is 2.34 bits per heavy atom. The molecule has 1 N–H and O–H groups in total. The van der Waals surface area contributed by atoms with E-state index in [0.717, 1.165) is 18.2 Å². The summed E-state index contributed by atoms with van der Waals surface area (Å²) >= 11 is 5.94. The van der Waals surface area contributed by atoms with E-state index in [1.165, 1.54) is 0 Å². The SMILES string of the molecule is CCc1ncc(B2OC(C)(C)C(C)(C)O2)cc1NS(=O)(=O)c1ccc(F)cc1Cl. The van der Waals surface area contributed by atoms with Gasteiger partial charge in [-0.3, -0.25) is 9.71 Å². The summed E-state index contributed by atoms with van der Waals surface area (Å²) in [6.45, 7) is 9.59. The summed E-state index contributed by atoms with van der Waals surface area (Å²) in [5.74, 6) is -0.618. The first-order valence-corrected chi connectivity index (χ1v) is 11.0. The zero-order valence-corrected chi connectivity index (χ0v) is 18.5. The lowest BCUT2D eigenvalue weighted by molar-refractivity contribution is 0.00578. The average molecular weight is 441 g/mol. The lowest BCUT2D eigenvalue weighted by Gasteiger charge is -2.32. The molecule has 0 unspecified atom stereocenters. The van der Waals surface area contributed by atoms with E-state index in [2.05, 4.69) is 9.71 Å².